The minimum absolute atomic E-state index is 0.0481. The van der Waals surface area contributed by atoms with Crippen molar-refractivity contribution in [3.8, 4) is 0 Å². The lowest BCUT2D eigenvalue weighted by molar-refractivity contribution is -0.384. The van der Waals surface area contributed by atoms with Crippen molar-refractivity contribution in [2.45, 2.75) is 57.7 Å². The first-order chi connectivity index (χ1) is 9.67. The second-order valence-corrected chi connectivity index (χ2v) is 7.09. The van der Waals surface area contributed by atoms with Gasteiger partial charge in [-0.2, -0.15) is 0 Å². The number of nitro benzene ring substituents is 1. The van der Waals surface area contributed by atoms with E-state index in [1.807, 2.05) is 6.07 Å². The summed E-state index contributed by atoms with van der Waals surface area (Å²) in [5, 5.41) is 14.4. The Balaban J connectivity index is 2.13. The second kappa shape index (κ2) is 5.56. The molecule has 5 heteroatoms. The average Bonchev–Trinajstić information content (AvgIpc) is 2.33. The molecule has 2 rings (SSSR count). The number of hydrogen-bond acceptors (Lipinski definition) is 4. The molecule has 0 amide bonds. The van der Waals surface area contributed by atoms with Crippen molar-refractivity contribution in [1.29, 1.82) is 0 Å². The van der Waals surface area contributed by atoms with Gasteiger partial charge in [0.1, 0.15) is 0 Å². The summed E-state index contributed by atoms with van der Waals surface area (Å²) in [5.74, 6) is 0. The largest absolute Gasteiger partial charge is 0.307 e. The molecule has 1 N–H and O–H groups in total. The number of non-ortho nitro benzene ring substituents is 1. The maximum absolute atomic E-state index is 10.8. The molecular weight excluding hydrogens is 266 g/mol. The van der Waals surface area contributed by atoms with E-state index in [1.165, 1.54) is 6.07 Å². The Kier molecular flexibility index (Phi) is 4.14. The van der Waals surface area contributed by atoms with E-state index < -0.39 is 0 Å². The summed E-state index contributed by atoms with van der Waals surface area (Å²) in [4.78, 5) is 15.1. The van der Waals surface area contributed by atoms with Crippen molar-refractivity contribution >= 4 is 11.9 Å². The third-order valence-electron chi connectivity index (χ3n) is 3.68. The summed E-state index contributed by atoms with van der Waals surface area (Å²) in [5.41, 5.74) is 0.974. The molecule has 0 aliphatic carbocycles. The van der Waals surface area contributed by atoms with Gasteiger partial charge in [-0.05, 0) is 46.1 Å². The number of nitro groups is 1. The van der Waals surface area contributed by atoms with Crippen LogP contribution in [-0.4, -0.2) is 28.3 Å². The highest BCUT2D eigenvalue weighted by atomic mass is 16.6. The lowest BCUT2D eigenvalue weighted by atomic mass is 9.80. The molecule has 1 aromatic rings. The summed E-state index contributed by atoms with van der Waals surface area (Å²) >= 11 is 0. The first kappa shape index (κ1) is 15.6. The zero-order valence-electron chi connectivity index (χ0n) is 13.1. The Morgan fingerprint density at radius 1 is 1.29 bits per heavy atom. The van der Waals surface area contributed by atoms with Crippen LogP contribution in [0.2, 0.25) is 0 Å². The van der Waals surface area contributed by atoms with E-state index >= 15 is 0 Å². The molecule has 0 bridgehead atoms. The number of nitrogens with one attached hydrogen (secondary N) is 1. The second-order valence-electron chi connectivity index (χ2n) is 7.09. The normalized spacial score (nSPS) is 21.5. The first-order valence-corrected chi connectivity index (χ1v) is 7.24. The van der Waals surface area contributed by atoms with Crippen LogP contribution in [0.1, 0.15) is 46.1 Å². The van der Waals surface area contributed by atoms with Gasteiger partial charge in [0.15, 0.2) is 0 Å². The van der Waals surface area contributed by atoms with Crippen molar-refractivity contribution in [2.75, 3.05) is 0 Å². The van der Waals surface area contributed by atoms with Crippen LogP contribution in [0.25, 0.3) is 0 Å². The minimum atomic E-state index is -0.381. The Hall–Kier alpha value is -1.75. The summed E-state index contributed by atoms with van der Waals surface area (Å²) in [6.07, 6.45) is 3.68. The zero-order chi connectivity index (χ0) is 15.7. The Morgan fingerprint density at radius 2 is 1.90 bits per heavy atom. The maximum Gasteiger partial charge on any atom is 0.270 e. The van der Waals surface area contributed by atoms with Crippen LogP contribution in [-0.2, 0) is 0 Å². The monoisotopic (exact) mass is 289 g/mol. The Labute approximate surface area is 125 Å². The van der Waals surface area contributed by atoms with Crippen LogP contribution in [0.4, 0.5) is 5.69 Å². The van der Waals surface area contributed by atoms with Crippen molar-refractivity contribution in [3.63, 3.8) is 0 Å². The number of piperidine rings is 1. The Morgan fingerprint density at radius 3 is 2.48 bits per heavy atom. The molecule has 21 heavy (non-hydrogen) atoms. The quantitative estimate of drug-likeness (QED) is 0.527. The summed E-state index contributed by atoms with van der Waals surface area (Å²) in [6, 6.07) is 6.81. The molecule has 1 fully saturated rings. The standard InChI is InChI=1S/C16H23N3O2/c1-15(2)9-13(10-16(3,4)18-15)17-11-12-6-5-7-14(8-12)19(20)21/h5-8,11,13,18H,9-10H2,1-4H3. The highest BCUT2D eigenvalue weighted by Gasteiger charge is 2.37. The number of hydrogen-bond donors (Lipinski definition) is 1. The first-order valence-electron chi connectivity index (χ1n) is 7.24. The van der Waals surface area contributed by atoms with Crippen molar-refractivity contribution in [1.82, 2.24) is 5.32 Å². The van der Waals surface area contributed by atoms with Crippen molar-refractivity contribution in [3.05, 3.63) is 39.9 Å². The number of aliphatic imine (C=N–C) groups is 1. The van der Waals surface area contributed by atoms with Gasteiger partial charge < -0.3 is 5.32 Å². The molecule has 1 heterocycles. The van der Waals surface area contributed by atoms with Crippen LogP contribution in [0.15, 0.2) is 29.3 Å². The van der Waals surface area contributed by atoms with E-state index in [0.29, 0.717) is 0 Å². The van der Waals surface area contributed by atoms with E-state index in [1.54, 1.807) is 18.3 Å². The summed E-state index contributed by atoms with van der Waals surface area (Å²) in [7, 11) is 0. The van der Waals surface area contributed by atoms with E-state index in [2.05, 4.69) is 38.0 Å². The summed E-state index contributed by atoms with van der Waals surface area (Å²) in [6.45, 7) is 8.74. The van der Waals surface area contributed by atoms with Crippen LogP contribution in [0, 0.1) is 10.1 Å². The van der Waals surface area contributed by atoms with Crippen LogP contribution >= 0.6 is 0 Å². The van der Waals surface area contributed by atoms with Crippen LogP contribution < -0.4 is 5.32 Å². The predicted molar refractivity (Wildman–Crippen MR) is 85.0 cm³/mol. The lowest BCUT2D eigenvalue weighted by Gasteiger charge is -2.45. The van der Waals surface area contributed by atoms with Gasteiger partial charge in [0, 0.05) is 29.4 Å². The van der Waals surface area contributed by atoms with E-state index in [4.69, 9.17) is 0 Å². The molecule has 1 saturated heterocycles. The highest BCUT2D eigenvalue weighted by Crippen LogP contribution is 2.30. The van der Waals surface area contributed by atoms with Crippen LogP contribution in [0.3, 0.4) is 0 Å². The molecular formula is C16H23N3O2. The zero-order valence-corrected chi connectivity index (χ0v) is 13.1. The Bertz CT molecular complexity index is 548. The topological polar surface area (TPSA) is 67.5 Å². The molecule has 1 aliphatic rings. The maximum atomic E-state index is 10.8. The molecule has 0 unspecified atom stereocenters. The van der Waals surface area contributed by atoms with Crippen molar-refractivity contribution in [2.24, 2.45) is 4.99 Å². The predicted octanol–water partition coefficient (Wildman–Crippen LogP) is 3.32. The van der Waals surface area contributed by atoms with Crippen LogP contribution in [0.5, 0.6) is 0 Å². The third kappa shape index (κ3) is 4.36. The average molecular weight is 289 g/mol. The fourth-order valence-corrected chi connectivity index (χ4v) is 3.28. The lowest BCUT2D eigenvalue weighted by Crippen LogP contribution is -2.58. The van der Waals surface area contributed by atoms with Gasteiger partial charge in [0.2, 0.25) is 0 Å². The van der Waals surface area contributed by atoms with Gasteiger partial charge in [-0.3, -0.25) is 15.1 Å². The number of rotatable bonds is 3. The molecule has 5 nitrogen and oxygen atoms in total. The molecule has 0 aromatic heterocycles. The third-order valence-corrected chi connectivity index (χ3v) is 3.68. The fourth-order valence-electron chi connectivity index (χ4n) is 3.28. The molecule has 1 aliphatic heterocycles. The minimum Gasteiger partial charge on any atom is -0.307 e. The molecule has 1 aromatic carbocycles. The molecule has 0 atom stereocenters. The van der Waals surface area contributed by atoms with Gasteiger partial charge in [0.05, 0.1) is 11.0 Å². The van der Waals surface area contributed by atoms with Crippen molar-refractivity contribution < 1.29 is 4.92 Å². The molecule has 0 radical (unpaired) electrons. The van der Waals surface area contributed by atoms with E-state index in [0.717, 1.165) is 18.4 Å². The number of benzene rings is 1. The SMILES string of the molecule is CC1(C)CC(N=Cc2cccc([N+](=O)[O-])c2)CC(C)(C)N1. The van der Waals surface area contributed by atoms with Gasteiger partial charge in [-0.15, -0.1) is 0 Å². The van der Waals surface area contributed by atoms with E-state index in [9.17, 15) is 10.1 Å². The fraction of sp³-hybridized carbons (Fsp3) is 0.562. The van der Waals surface area contributed by atoms with Gasteiger partial charge >= 0.3 is 0 Å². The number of nitrogens with zero attached hydrogens (tertiary/aromatic N) is 2. The smallest absolute Gasteiger partial charge is 0.270 e. The van der Waals surface area contributed by atoms with Gasteiger partial charge in [0.25, 0.3) is 5.69 Å². The molecule has 114 valence electrons. The summed E-state index contributed by atoms with van der Waals surface area (Å²) < 4.78 is 0. The highest BCUT2D eigenvalue weighted by molar-refractivity contribution is 5.80. The van der Waals surface area contributed by atoms with E-state index in [-0.39, 0.29) is 27.7 Å². The van der Waals surface area contributed by atoms with Gasteiger partial charge in [-0.1, -0.05) is 12.1 Å². The molecule has 0 saturated carbocycles. The molecule has 0 spiro atoms. The van der Waals surface area contributed by atoms with Gasteiger partial charge in [-0.25, -0.2) is 0 Å².